The van der Waals surface area contributed by atoms with Crippen LogP contribution >= 0.6 is 0 Å². The first-order valence-corrected chi connectivity index (χ1v) is 9.13. The zero-order valence-electron chi connectivity index (χ0n) is 15.5. The molecule has 28 heavy (non-hydrogen) atoms. The molecule has 1 fully saturated rings. The lowest BCUT2D eigenvalue weighted by Gasteiger charge is -2.17. The maximum absolute atomic E-state index is 12.7. The number of carbonyl (C=O) groups is 3. The molecule has 2 amide bonds. The average Bonchev–Trinajstić information content (AvgIpc) is 2.95. The standard InChI is InChI=1S/C21H22N2O5/c1-2-11-28-17-9-7-16(8-10-17)23-19(24)13-18(21(23)27)22-15-5-3-14(4-6-15)12-20(25)26/h3-10,18,22H,2,11-13H2,1H3,(H,25,26)/p-1/t18-/m0/s1. The fourth-order valence-electron chi connectivity index (χ4n) is 3.01. The number of nitrogens with one attached hydrogen (secondary N) is 1. The summed E-state index contributed by atoms with van der Waals surface area (Å²) in [4.78, 5) is 36.9. The number of anilines is 2. The highest BCUT2D eigenvalue weighted by Crippen LogP contribution is 2.27. The Morgan fingerprint density at radius 3 is 2.43 bits per heavy atom. The number of hydrogen-bond acceptors (Lipinski definition) is 6. The number of carboxylic acids is 1. The summed E-state index contributed by atoms with van der Waals surface area (Å²) in [6, 6.07) is 12.8. The first kappa shape index (κ1) is 19.4. The highest BCUT2D eigenvalue weighted by Gasteiger charge is 2.39. The predicted octanol–water partition coefficient (Wildman–Crippen LogP) is 1.51. The second-order valence-corrected chi connectivity index (χ2v) is 6.56. The van der Waals surface area contributed by atoms with Crippen LogP contribution in [0.5, 0.6) is 5.75 Å². The quantitative estimate of drug-likeness (QED) is 0.696. The van der Waals surface area contributed by atoms with Crippen molar-refractivity contribution in [1.29, 1.82) is 0 Å². The number of rotatable bonds is 8. The van der Waals surface area contributed by atoms with Crippen molar-refractivity contribution in [3.8, 4) is 5.75 Å². The lowest BCUT2D eigenvalue weighted by Crippen LogP contribution is -2.34. The van der Waals surface area contributed by atoms with Crippen LogP contribution in [0.1, 0.15) is 25.3 Å². The van der Waals surface area contributed by atoms with Crippen LogP contribution in [-0.4, -0.2) is 30.4 Å². The molecule has 0 radical (unpaired) electrons. The van der Waals surface area contributed by atoms with E-state index in [0.29, 0.717) is 29.3 Å². The zero-order chi connectivity index (χ0) is 20.1. The zero-order valence-corrected chi connectivity index (χ0v) is 15.5. The molecule has 146 valence electrons. The molecule has 3 rings (SSSR count). The normalized spacial score (nSPS) is 16.3. The Labute approximate surface area is 162 Å². The number of carboxylic acid groups (broad SMARTS) is 1. The summed E-state index contributed by atoms with van der Waals surface area (Å²) >= 11 is 0. The van der Waals surface area contributed by atoms with Crippen molar-refractivity contribution in [2.24, 2.45) is 0 Å². The van der Waals surface area contributed by atoms with E-state index < -0.39 is 12.0 Å². The van der Waals surface area contributed by atoms with Gasteiger partial charge in [-0.3, -0.25) is 9.59 Å². The van der Waals surface area contributed by atoms with Crippen LogP contribution in [0.15, 0.2) is 48.5 Å². The molecule has 0 spiro atoms. The summed E-state index contributed by atoms with van der Waals surface area (Å²) in [6.45, 7) is 2.62. The lowest BCUT2D eigenvalue weighted by atomic mass is 10.1. The highest BCUT2D eigenvalue weighted by molar-refractivity contribution is 6.23. The Morgan fingerprint density at radius 2 is 1.82 bits per heavy atom. The molecule has 0 unspecified atom stereocenters. The molecule has 7 nitrogen and oxygen atoms in total. The topological polar surface area (TPSA) is 98.8 Å². The molecule has 1 N–H and O–H groups in total. The average molecular weight is 381 g/mol. The van der Waals surface area contributed by atoms with E-state index in [2.05, 4.69) is 5.32 Å². The van der Waals surface area contributed by atoms with Crippen LogP contribution in [0, 0.1) is 0 Å². The van der Waals surface area contributed by atoms with Gasteiger partial charge in [0, 0.05) is 18.1 Å². The Hall–Kier alpha value is -3.35. The summed E-state index contributed by atoms with van der Waals surface area (Å²) in [5, 5.41) is 13.7. The minimum atomic E-state index is -1.15. The van der Waals surface area contributed by atoms with Gasteiger partial charge in [-0.05, 0) is 48.4 Å². The number of hydrogen-bond donors (Lipinski definition) is 1. The molecule has 1 saturated heterocycles. The number of nitrogens with zero attached hydrogens (tertiary/aromatic N) is 1. The minimum absolute atomic E-state index is 0.0493. The number of aliphatic carboxylic acids is 1. The molecule has 0 bridgehead atoms. The third-order valence-corrected chi connectivity index (χ3v) is 4.36. The van der Waals surface area contributed by atoms with Crippen LogP contribution in [0.25, 0.3) is 0 Å². The number of imide groups is 1. The van der Waals surface area contributed by atoms with E-state index in [-0.39, 0.29) is 24.7 Å². The maximum atomic E-state index is 12.7. The van der Waals surface area contributed by atoms with Crippen molar-refractivity contribution in [2.45, 2.75) is 32.2 Å². The summed E-state index contributed by atoms with van der Waals surface area (Å²) < 4.78 is 5.52. The summed E-state index contributed by atoms with van der Waals surface area (Å²) in [7, 11) is 0. The second kappa shape index (κ2) is 8.56. The molecule has 1 aliphatic heterocycles. The van der Waals surface area contributed by atoms with E-state index in [9.17, 15) is 19.5 Å². The maximum Gasteiger partial charge on any atom is 0.256 e. The molecular weight excluding hydrogens is 360 g/mol. The third kappa shape index (κ3) is 4.49. The van der Waals surface area contributed by atoms with Gasteiger partial charge >= 0.3 is 0 Å². The summed E-state index contributed by atoms with van der Waals surface area (Å²) in [5.74, 6) is -1.07. The fraction of sp³-hybridized carbons (Fsp3) is 0.286. The van der Waals surface area contributed by atoms with Crippen molar-refractivity contribution in [3.63, 3.8) is 0 Å². The van der Waals surface area contributed by atoms with Gasteiger partial charge in [-0.2, -0.15) is 0 Å². The van der Waals surface area contributed by atoms with Crippen LogP contribution in [0.2, 0.25) is 0 Å². The van der Waals surface area contributed by atoms with E-state index in [1.165, 1.54) is 4.90 Å². The van der Waals surface area contributed by atoms with E-state index in [1.807, 2.05) is 6.92 Å². The minimum Gasteiger partial charge on any atom is -0.550 e. The van der Waals surface area contributed by atoms with Crippen LogP contribution in [-0.2, 0) is 20.8 Å². The van der Waals surface area contributed by atoms with Crippen molar-refractivity contribution >= 4 is 29.2 Å². The number of ether oxygens (including phenoxy) is 1. The largest absolute Gasteiger partial charge is 0.550 e. The summed E-state index contributed by atoms with van der Waals surface area (Å²) in [5.41, 5.74) is 1.75. The fourth-order valence-corrected chi connectivity index (χ4v) is 3.01. The van der Waals surface area contributed by atoms with Gasteiger partial charge in [0.05, 0.1) is 18.7 Å². The molecule has 1 heterocycles. The van der Waals surface area contributed by atoms with E-state index in [0.717, 1.165) is 6.42 Å². The van der Waals surface area contributed by atoms with Gasteiger partial charge in [-0.25, -0.2) is 4.90 Å². The van der Waals surface area contributed by atoms with E-state index in [1.54, 1.807) is 48.5 Å². The van der Waals surface area contributed by atoms with Crippen molar-refractivity contribution in [2.75, 3.05) is 16.8 Å². The number of amides is 2. The highest BCUT2D eigenvalue weighted by atomic mass is 16.5. The van der Waals surface area contributed by atoms with Gasteiger partial charge in [-0.1, -0.05) is 19.1 Å². The lowest BCUT2D eigenvalue weighted by molar-refractivity contribution is -0.304. The Balaban J connectivity index is 1.67. The van der Waals surface area contributed by atoms with E-state index >= 15 is 0 Å². The number of carbonyl (C=O) groups excluding carboxylic acids is 3. The molecule has 2 aromatic carbocycles. The smallest absolute Gasteiger partial charge is 0.256 e. The van der Waals surface area contributed by atoms with E-state index in [4.69, 9.17) is 4.74 Å². The van der Waals surface area contributed by atoms with Gasteiger partial charge in [0.1, 0.15) is 11.8 Å². The Morgan fingerprint density at radius 1 is 1.14 bits per heavy atom. The molecule has 1 atom stereocenters. The van der Waals surface area contributed by atoms with Gasteiger partial charge < -0.3 is 20.0 Å². The van der Waals surface area contributed by atoms with Crippen molar-refractivity contribution < 1.29 is 24.2 Å². The molecule has 7 heteroatoms. The van der Waals surface area contributed by atoms with Gasteiger partial charge in [-0.15, -0.1) is 0 Å². The monoisotopic (exact) mass is 381 g/mol. The first-order valence-electron chi connectivity index (χ1n) is 9.13. The first-order chi connectivity index (χ1) is 13.5. The molecule has 0 aromatic heterocycles. The van der Waals surface area contributed by atoms with Crippen LogP contribution in [0.3, 0.4) is 0 Å². The third-order valence-electron chi connectivity index (χ3n) is 4.36. The SMILES string of the molecule is CCCOc1ccc(N2C(=O)C[C@H](Nc3ccc(CC(=O)[O-])cc3)C2=O)cc1. The van der Waals surface area contributed by atoms with Crippen molar-refractivity contribution in [1.82, 2.24) is 0 Å². The molecular formula is C21H21N2O5-. The Bertz CT molecular complexity index is 861. The predicted molar refractivity (Wildman–Crippen MR) is 102 cm³/mol. The molecule has 2 aromatic rings. The van der Waals surface area contributed by atoms with Crippen molar-refractivity contribution in [3.05, 3.63) is 54.1 Å². The van der Waals surface area contributed by atoms with Crippen LogP contribution < -0.4 is 20.1 Å². The second-order valence-electron chi connectivity index (χ2n) is 6.56. The molecule has 1 aliphatic rings. The summed E-state index contributed by atoms with van der Waals surface area (Å²) in [6.07, 6.45) is 0.771. The Kier molecular flexibility index (Phi) is 5.93. The number of benzene rings is 2. The van der Waals surface area contributed by atoms with Gasteiger partial charge in [0.15, 0.2) is 0 Å². The van der Waals surface area contributed by atoms with Gasteiger partial charge in [0.25, 0.3) is 5.91 Å². The molecule has 0 aliphatic carbocycles. The molecule has 0 saturated carbocycles. The van der Waals surface area contributed by atoms with Gasteiger partial charge in [0.2, 0.25) is 5.91 Å². The van der Waals surface area contributed by atoms with Crippen LogP contribution in [0.4, 0.5) is 11.4 Å².